The van der Waals surface area contributed by atoms with Crippen LogP contribution in [0.15, 0.2) is 42.5 Å². The molecule has 0 saturated heterocycles. The van der Waals surface area contributed by atoms with Gasteiger partial charge in [-0.1, -0.05) is 30.3 Å². The van der Waals surface area contributed by atoms with E-state index in [1.54, 1.807) is 20.8 Å². The summed E-state index contributed by atoms with van der Waals surface area (Å²) in [7, 11) is 0. The van der Waals surface area contributed by atoms with E-state index in [1.807, 2.05) is 12.1 Å². The number of esters is 1. The lowest BCUT2D eigenvalue weighted by Crippen LogP contribution is -2.39. The Morgan fingerprint density at radius 1 is 1.09 bits per heavy atom. The highest BCUT2D eigenvalue weighted by atomic mass is 16.6. The maximum Gasteiger partial charge on any atom is 0.349 e. The Bertz CT molecular complexity index is 716. The summed E-state index contributed by atoms with van der Waals surface area (Å²) >= 11 is 0. The number of rotatable bonds is 4. The molecule has 0 unspecified atom stereocenters. The molecule has 0 aliphatic heterocycles. The van der Waals surface area contributed by atoms with Crippen molar-refractivity contribution >= 4 is 5.97 Å². The predicted octanol–water partition coefficient (Wildman–Crippen LogP) is 3.98. The van der Waals surface area contributed by atoms with E-state index in [4.69, 9.17) is 9.47 Å². The lowest BCUT2D eigenvalue weighted by Gasteiger charge is -2.24. The largest absolute Gasteiger partial charge is 0.476 e. The van der Waals surface area contributed by atoms with Crippen LogP contribution >= 0.6 is 0 Å². The van der Waals surface area contributed by atoms with Gasteiger partial charge in [0, 0.05) is 0 Å². The number of carbonyl (C=O) groups is 1. The highest BCUT2D eigenvalue weighted by Crippen LogP contribution is 2.38. The minimum absolute atomic E-state index is 0.348. The average molecular weight is 296 g/mol. The van der Waals surface area contributed by atoms with E-state index in [1.165, 1.54) is 22.3 Å². The molecule has 0 saturated carbocycles. The minimum Gasteiger partial charge on any atom is -0.476 e. The fraction of sp³-hybridized carbons (Fsp3) is 0.316. The highest BCUT2D eigenvalue weighted by Gasteiger charge is 2.32. The van der Waals surface area contributed by atoms with E-state index >= 15 is 0 Å². The number of hydrogen-bond acceptors (Lipinski definition) is 3. The summed E-state index contributed by atoms with van der Waals surface area (Å²) in [5.74, 6) is 0.350. The summed E-state index contributed by atoms with van der Waals surface area (Å²) in [4.78, 5) is 11.9. The maximum atomic E-state index is 11.9. The molecule has 1 aliphatic rings. The number of ether oxygens (including phenoxy) is 2. The highest BCUT2D eigenvalue weighted by molar-refractivity contribution is 5.80. The van der Waals surface area contributed by atoms with E-state index in [9.17, 15) is 4.79 Å². The molecule has 0 atom stereocenters. The molecular formula is C19H20O3. The normalized spacial score (nSPS) is 12.5. The quantitative estimate of drug-likeness (QED) is 0.683. The third-order valence-electron chi connectivity index (χ3n) is 3.91. The third-order valence-corrected chi connectivity index (χ3v) is 3.91. The van der Waals surface area contributed by atoms with Crippen molar-refractivity contribution in [3.05, 3.63) is 53.6 Å². The van der Waals surface area contributed by atoms with Crippen LogP contribution in [0.4, 0.5) is 0 Å². The van der Waals surface area contributed by atoms with Gasteiger partial charge in [-0.05, 0) is 61.6 Å². The molecule has 0 fully saturated rings. The van der Waals surface area contributed by atoms with Gasteiger partial charge in [-0.15, -0.1) is 0 Å². The summed E-state index contributed by atoms with van der Waals surface area (Å²) in [5.41, 5.74) is 4.11. The second-order valence-corrected chi connectivity index (χ2v) is 5.99. The van der Waals surface area contributed by atoms with E-state index in [2.05, 4.69) is 30.3 Å². The minimum atomic E-state index is -0.990. The Labute approximate surface area is 130 Å². The van der Waals surface area contributed by atoms with E-state index in [0.29, 0.717) is 12.4 Å². The Hall–Kier alpha value is -2.29. The molecule has 0 radical (unpaired) electrons. The molecule has 0 N–H and O–H groups in total. The Balaban J connectivity index is 1.84. The van der Waals surface area contributed by atoms with Crippen molar-refractivity contribution in [1.29, 1.82) is 0 Å². The van der Waals surface area contributed by atoms with Crippen molar-refractivity contribution in [1.82, 2.24) is 0 Å². The average Bonchev–Trinajstić information content (AvgIpc) is 2.84. The number of benzene rings is 2. The van der Waals surface area contributed by atoms with Crippen LogP contribution in [-0.4, -0.2) is 18.2 Å². The second kappa shape index (κ2) is 5.48. The zero-order valence-electron chi connectivity index (χ0n) is 13.2. The fourth-order valence-electron chi connectivity index (χ4n) is 2.83. The molecule has 0 amide bonds. The van der Waals surface area contributed by atoms with Gasteiger partial charge in [0.15, 0.2) is 5.60 Å². The van der Waals surface area contributed by atoms with Crippen molar-refractivity contribution in [2.24, 2.45) is 0 Å². The SMILES string of the molecule is CCOC(=O)C(C)(C)Oc1ccc2c(c1)Cc1ccccc1-2. The number of carbonyl (C=O) groups excluding carboxylic acids is 1. The van der Waals surface area contributed by atoms with Crippen molar-refractivity contribution in [3.63, 3.8) is 0 Å². The van der Waals surface area contributed by atoms with Gasteiger partial charge in [-0.25, -0.2) is 4.79 Å². The molecule has 3 rings (SSSR count). The fourth-order valence-corrected chi connectivity index (χ4v) is 2.83. The zero-order chi connectivity index (χ0) is 15.7. The van der Waals surface area contributed by atoms with Gasteiger partial charge < -0.3 is 9.47 Å². The molecule has 2 aromatic rings. The molecule has 0 aromatic heterocycles. The molecule has 0 heterocycles. The first-order valence-corrected chi connectivity index (χ1v) is 7.58. The first-order chi connectivity index (χ1) is 10.5. The van der Waals surface area contributed by atoms with Crippen LogP contribution in [0, 0.1) is 0 Å². The zero-order valence-corrected chi connectivity index (χ0v) is 13.2. The Morgan fingerprint density at radius 3 is 2.59 bits per heavy atom. The summed E-state index contributed by atoms with van der Waals surface area (Å²) in [6.45, 7) is 5.60. The van der Waals surface area contributed by atoms with Crippen LogP contribution in [-0.2, 0) is 16.0 Å². The van der Waals surface area contributed by atoms with Crippen LogP contribution < -0.4 is 4.74 Å². The van der Waals surface area contributed by atoms with Crippen molar-refractivity contribution in [2.75, 3.05) is 6.61 Å². The first kappa shape index (κ1) is 14.6. The smallest absolute Gasteiger partial charge is 0.349 e. The summed E-state index contributed by atoms with van der Waals surface area (Å²) in [6.07, 6.45) is 0.905. The molecule has 0 bridgehead atoms. The molecule has 22 heavy (non-hydrogen) atoms. The van der Waals surface area contributed by atoms with E-state index < -0.39 is 5.60 Å². The lowest BCUT2D eigenvalue weighted by atomic mass is 10.1. The maximum absolute atomic E-state index is 11.9. The van der Waals surface area contributed by atoms with Crippen molar-refractivity contribution in [3.8, 4) is 16.9 Å². The van der Waals surface area contributed by atoms with Crippen LogP contribution in [0.2, 0.25) is 0 Å². The number of hydrogen-bond donors (Lipinski definition) is 0. The van der Waals surface area contributed by atoms with Crippen LogP contribution in [0.25, 0.3) is 11.1 Å². The Morgan fingerprint density at radius 2 is 1.82 bits per heavy atom. The first-order valence-electron chi connectivity index (χ1n) is 7.58. The van der Waals surface area contributed by atoms with E-state index in [0.717, 1.165) is 6.42 Å². The molecule has 2 aromatic carbocycles. The van der Waals surface area contributed by atoms with Gasteiger partial charge in [0.1, 0.15) is 5.75 Å². The summed E-state index contributed by atoms with van der Waals surface area (Å²) < 4.78 is 10.9. The van der Waals surface area contributed by atoms with Gasteiger partial charge in [-0.3, -0.25) is 0 Å². The van der Waals surface area contributed by atoms with Crippen molar-refractivity contribution in [2.45, 2.75) is 32.8 Å². The predicted molar refractivity (Wildman–Crippen MR) is 86.0 cm³/mol. The van der Waals surface area contributed by atoms with Gasteiger partial charge >= 0.3 is 5.97 Å². The van der Waals surface area contributed by atoms with Crippen LogP contribution in [0.1, 0.15) is 31.9 Å². The van der Waals surface area contributed by atoms with Crippen LogP contribution in [0.5, 0.6) is 5.75 Å². The molecule has 3 heteroatoms. The standard InChI is InChI=1S/C19H20O3/c1-4-21-18(20)19(2,3)22-15-9-10-17-14(12-15)11-13-7-5-6-8-16(13)17/h5-10,12H,4,11H2,1-3H3. The summed E-state index contributed by atoms with van der Waals surface area (Å²) in [5, 5.41) is 0. The molecule has 0 spiro atoms. The number of fused-ring (bicyclic) bond motifs is 3. The lowest BCUT2D eigenvalue weighted by molar-refractivity contribution is -0.158. The second-order valence-electron chi connectivity index (χ2n) is 5.99. The van der Waals surface area contributed by atoms with Gasteiger partial charge in [0.2, 0.25) is 0 Å². The topological polar surface area (TPSA) is 35.5 Å². The molecule has 1 aliphatic carbocycles. The monoisotopic (exact) mass is 296 g/mol. The van der Waals surface area contributed by atoms with E-state index in [-0.39, 0.29) is 5.97 Å². The summed E-state index contributed by atoms with van der Waals surface area (Å²) in [6, 6.07) is 14.4. The van der Waals surface area contributed by atoms with Crippen molar-refractivity contribution < 1.29 is 14.3 Å². The molecule has 3 nitrogen and oxygen atoms in total. The van der Waals surface area contributed by atoms with Gasteiger partial charge in [0.25, 0.3) is 0 Å². The molecular weight excluding hydrogens is 276 g/mol. The Kier molecular flexibility index (Phi) is 3.65. The third kappa shape index (κ3) is 2.59. The van der Waals surface area contributed by atoms with Gasteiger partial charge in [-0.2, -0.15) is 0 Å². The molecule has 114 valence electrons. The van der Waals surface area contributed by atoms with Gasteiger partial charge in [0.05, 0.1) is 6.61 Å². The van der Waals surface area contributed by atoms with Crippen LogP contribution in [0.3, 0.4) is 0 Å².